The summed E-state index contributed by atoms with van der Waals surface area (Å²) in [5, 5.41) is 19.2. The first-order chi connectivity index (χ1) is 9.89. The Hall–Kier alpha value is -1.31. The van der Waals surface area contributed by atoms with E-state index in [9.17, 15) is 19.8 Å². The molecule has 1 fully saturated rings. The van der Waals surface area contributed by atoms with E-state index < -0.39 is 11.4 Å². The number of aromatic hydroxyl groups is 1. The van der Waals surface area contributed by atoms with Gasteiger partial charge in [-0.15, -0.1) is 0 Å². The number of benzene rings is 1. The first-order valence-electron chi connectivity index (χ1n) is 6.91. The van der Waals surface area contributed by atoms with Gasteiger partial charge in [-0.05, 0) is 53.6 Å². The molecule has 6 heteroatoms. The van der Waals surface area contributed by atoms with Crippen LogP contribution in [0.15, 0.2) is 18.2 Å². The Bertz CT molecular complexity index is 575. The van der Waals surface area contributed by atoms with Gasteiger partial charge in [-0.1, -0.05) is 13.3 Å². The minimum absolute atomic E-state index is 0.0682. The zero-order valence-corrected chi connectivity index (χ0v) is 14.0. The normalized spacial score (nSPS) is 21.5. The number of likely N-dealkylation sites (tertiary alicyclic amines) is 1. The van der Waals surface area contributed by atoms with Crippen molar-refractivity contribution in [2.75, 3.05) is 13.1 Å². The van der Waals surface area contributed by atoms with Gasteiger partial charge in [0.15, 0.2) is 0 Å². The summed E-state index contributed by atoms with van der Waals surface area (Å²) in [6, 6.07) is 4.77. The zero-order valence-electron chi connectivity index (χ0n) is 11.8. The van der Waals surface area contributed by atoms with Crippen molar-refractivity contribution in [3.05, 3.63) is 27.3 Å². The summed E-state index contributed by atoms with van der Waals surface area (Å²) in [4.78, 5) is 25.6. The van der Waals surface area contributed by atoms with Crippen LogP contribution in [0.5, 0.6) is 5.75 Å². The fourth-order valence-electron chi connectivity index (χ4n) is 2.84. The van der Waals surface area contributed by atoms with Gasteiger partial charge in [0.05, 0.1) is 8.99 Å². The summed E-state index contributed by atoms with van der Waals surface area (Å²) in [6.45, 7) is 2.63. The number of carbonyl (C=O) groups excluding carboxylic acids is 1. The Morgan fingerprint density at radius 1 is 1.43 bits per heavy atom. The van der Waals surface area contributed by atoms with E-state index in [1.165, 1.54) is 6.07 Å². The number of carboxylic acid groups (broad SMARTS) is 1. The highest BCUT2D eigenvalue weighted by Crippen LogP contribution is 2.36. The molecule has 2 N–H and O–H groups in total. The third-order valence-corrected chi connectivity index (χ3v) is 4.93. The van der Waals surface area contributed by atoms with E-state index in [4.69, 9.17) is 0 Å². The molecule has 1 atom stereocenters. The topological polar surface area (TPSA) is 77.8 Å². The second-order valence-corrected chi connectivity index (χ2v) is 6.64. The summed E-state index contributed by atoms with van der Waals surface area (Å²) in [5.74, 6) is -0.982. The molecule has 1 heterocycles. The van der Waals surface area contributed by atoms with Crippen LogP contribution in [0.4, 0.5) is 0 Å². The van der Waals surface area contributed by atoms with Gasteiger partial charge in [-0.25, -0.2) is 0 Å². The zero-order chi connectivity index (χ0) is 15.6. The van der Waals surface area contributed by atoms with Gasteiger partial charge in [0.2, 0.25) is 0 Å². The van der Waals surface area contributed by atoms with Crippen molar-refractivity contribution in [3.8, 4) is 5.75 Å². The van der Waals surface area contributed by atoms with Crippen molar-refractivity contribution in [3.63, 3.8) is 0 Å². The predicted molar refractivity (Wildman–Crippen MR) is 86.3 cm³/mol. The quantitative estimate of drug-likeness (QED) is 0.758. The number of hydrogen-bond acceptors (Lipinski definition) is 3. The molecule has 0 aliphatic carbocycles. The van der Waals surface area contributed by atoms with Gasteiger partial charge >= 0.3 is 5.97 Å². The summed E-state index contributed by atoms with van der Waals surface area (Å²) in [5.41, 5.74) is -0.430. The summed E-state index contributed by atoms with van der Waals surface area (Å²) < 4.78 is 0.677. The molecule has 0 radical (unpaired) electrons. The Balaban J connectivity index is 2.18. The molecule has 114 valence electrons. The van der Waals surface area contributed by atoms with E-state index in [0.29, 0.717) is 28.5 Å². The standard InChI is InChI=1S/C15H18INO4/c1-2-5-15(14(20)21)6-7-17(9-15)13(19)10-3-4-11(16)12(18)8-10/h3-4,8,18H,2,5-7,9H2,1H3,(H,20,21). The number of hydrogen-bond donors (Lipinski definition) is 2. The van der Waals surface area contributed by atoms with Gasteiger partial charge in [0.25, 0.3) is 5.91 Å². The first-order valence-corrected chi connectivity index (χ1v) is 7.99. The number of carboxylic acids is 1. The number of nitrogens with zero attached hydrogens (tertiary/aromatic N) is 1. The lowest BCUT2D eigenvalue weighted by atomic mass is 9.83. The summed E-state index contributed by atoms with van der Waals surface area (Å²) in [7, 11) is 0. The fourth-order valence-corrected chi connectivity index (χ4v) is 3.17. The van der Waals surface area contributed by atoms with Crippen molar-refractivity contribution in [2.45, 2.75) is 26.2 Å². The monoisotopic (exact) mass is 403 g/mol. The second-order valence-electron chi connectivity index (χ2n) is 5.48. The van der Waals surface area contributed by atoms with Gasteiger partial charge < -0.3 is 15.1 Å². The fraction of sp³-hybridized carbons (Fsp3) is 0.467. The molecule has 1 aromatic rings. The molecule has 1 amide bonds. The first kappa shape index (κ1) is 16.1. The van der Waals surface area contributed by atoms with Crippen LogP contribution in [0.3, 0.4) is 0 Å². The van der Waals surface area contributed by atoms with Crippen molar-refractivity contribution in [2.24, 2.45) is 5.41 Å². The van der Waals surface area contributed by atoms with E-state index >= 15 is 0 Å². The van der Waals surface area contributed by atoms with Crippen LogP contribution in [0, 0.1) is 8.99 Å². The average Bonchev–Trinajstić information content (AvgIpc) is 2.87. The van der Waals surface area contributed by atoms with Crippen molar-refractivity contribution < 1.29 is 19.8 Å². The smallest absolute Gasteiger partial charge is 0.311 e. The molecule has 0 bridgehead atoms. The SMILES string of the molecule is CCCC1(C(=O)O)CCN(C(=O)c2ccc(I)c(O)c2)C1. The van der Waals surface area contributed by atoms with Crippen LogP contribution >= 0.6 is 22.6 Å². The largest absolute Gasteiger partial charge is 0.507 e. The molecule has 1 unspecified atom stereocenters. The number of halogens is 1. The maximum Gasteiger partial charge on any atom is 0.311 e. The van der Waals surface area contributed by atoms with E-state index in [0.717, 1.165) is 6.42 Å². The van der Waals surface area contributed by atoms with Gasteiger partial charge in [0.1, 0.15) is 5.75 Å². The number of rotatable bonds is 4. The lowest BCUT2D eigenvalue weighted by molar-refractivity contribution is -0.148. The summed E-state index contributed by atoms with van der Waals surface area (Å²) >= 11 is 1.99. The van der Waals surface area contributed by atoms with Crippen molar-refractivity contribution >= 4 is 34.5 Å². The maximum atomic E-state index is 12.4. The molecule has 0 spiro atoms. The molecule has 0 saturated carbocycles. The molecular formula is C15H18INO4. The number of phenols is 1. The number of carbonyl (C=O) groups is 2. The Kier molecular flexibility index (Phi) is 4.75. The maximum absolute atomic E-state index is 12.4. The molecule has 1 aliphatic rings. The summed E-state index contributed by atoms with van der Waals surface area (Å²) in [6.07, 6.45) is 1.83. The number of phenolic OH excluding ortho intramolecular Hbond substituents is 1. The predicted octanol–water partition coefficient (Wildman–Crippen LogP) is 2.71. The lowest BCUT2D eigenvalue weighted by Gasteiger charge is -2.24. The number of aliphatic carboxylic acids is 1. The minimum atomic E-state index is -0.829. The van der Waals surface area contributed by atoms with Gasteiger partial charge in [-0.2, -0.15) is 0 Å². The van der Waals surface area contributed by atoms with Crippen molar-refractivity contribution in [1.82, 2.24) is 4.90 Å². The highest BCUT2D eigenvalue weighted by atomic mass is 127. The van der Waals surface area contributed by atoms with Crippen LogP contribution in [-0.2, 0) is 4.79 Å². The molecule has 0 aromatic heterocycles. The van der Waals surface area contributed by atoms with Crippen molar-refractivity contribution in [1.29, 1.82) is 0 Å². The number of amides is 1. The minimum Gasteiger partial charge on any atom is -0.507 e. The highest BCUT2D eigenvalue weighted by Gasteiger charge is 2.45. The molecule has 1 saturated heterocycles. The van der Waals surface area contributed by atoms with E-state index in [1.54, 1.807) is 17.0 Å². The van der Waals surface area contributed by atoms with Crippen LogP contribution in [0.2, 0.25) is 0 Å². The molecule has 1 aromatic carbocycles. The Morgan fingerprint density at radius 2 is 2.14 bits per heavy atom. The lowest BCUT2D eigenvalue weighted by Crippen LogP contribution is -2.36. The highest BCUT2D eigenvalue weighted by molar-refractivity contribution is 14.1. The van der Waals surface area contributed by atoms with Crippen LogP contribution in [-0.4, -0.2) is 40.1 Å². The van der Waals surface area contributed by atoms with Gasteiger partial charge in [0, 0.05) is 18.7 Å². The third-order valence-electron chi connectivity index (χ3n) is 4.02. The van der Waals surface area contributed by atoms with Crippen LogP contribution in [0.1, 0.15) is 36.5 Å². The molecule has 1 aliphatic heterocycles. The Labute approximate surface area is 137 Å². The average molecular weight is 403 g/mol. The van der Waals surface area contributed by atoms with Crippen LogP contribution in [0.25, 0.3) is 0 Å². The molecular weight excluding hydrogens is 385 g/mol. The van der Waals surface area contributed by atoms with E-state index in [2.05, 4.69) is 0 Å². The van der Waals surface area contributed by atoms with Gasteiger partial charge in [-0.3, -0.25) is 9.59 Å². The van der Waals surface area contributed by atoms with Crippen LogP contribution < -0.4 is 0 Å². The molecule has 5 nitrogen and oxygen atoms in total. The van der Waals surface area contributed by atoms with E-state index in [1.807, 2.05) is 29.5 Å². The van der Waals surface area contributed by atoms with E-state index in [-0.39, 0.29) is 18.2 Å². The molecule has 21 heavy (non-hydrogen) atoms. The third kappa shape index (κ3) is 3.14. The second kappa shape index (κ2) is 6.21. The molecule has 2 rings (SSSR count). The Morgan fingerprint density at radius 3 is 2.71 bits per heavy atom.